The van der Waals surface area contributed by atoms with Crippen LogP contribution in [0.3, 0.4) is 0 Å². The van der Waals surface area contributed by atoms with E-state index in [1.165, 1.54) is 0 Å². The molecule has 0 saturated heterocycles. The molecule has 0 aliphatic rings. The summed E-state index contributed by atoms with van der Waals surface area (Å²) in [5.41, 5.74) is -1.62. The molecule has 0 saturated carbocycles. The first-order chi connectivity index (χ1) is 5.93. The molecular weight excluding hydrogens is 209 g/mol. The van der Waals surface area contributed by atoms with Crippen LogP contribution in [-0.2, 0) is 6.18 Å². The molecule has 0 aliphatic carbocycles. The van der Waals surface area contributed by atoms with Crippen molar-refractivity contribution in [3.8, 4) is 0 Å². The minimum atomic E-state index is -4.62. The Balaban J connectivity index is 3.24. The fraction of sp³-hybridized carbons (Fsp3) is 0.167. The molecule has 0 N–H and O–H groups in total. The summed E-state index contributed by atoms with van der Waals surface area (Å²) < 4.78 is 36.1. The summed E-state index contributed by atoms with van der Waals surface area (Å²) in [4.78, 5) is 16.3. The number of hydrogen-bond donors (Lipinski definition) is 0. The van der Waals surface area contributed by atoms with Gasteiger partial charge in [0.1, 0.15) is 11.4 Å². The van der Waals surface area contributed by atoms with Crippen LogP contribution in [0.1, 0.15) is 16.2 Å². The molecule has 70 valence electrons. The predicted molar refractivity (Wildman–Crippen MR) is 37.4 cm³/mol. The molecule has 0 unspecified atom stereocenters. The number of halogens is 4. The van der Waals surface area contributed by atoms with Crippen molar-refractivity contribution in [2.75, 3.05) is 0 Å². The van der Waals surface area contributed by atoms with Crippen LogP contribution in [0.4, 0.5) is 13.2 Å². The molecule has 0 fully saturated rings. The van der Waals surface area contributed by atoms with Gasteiger partial charge in [-0.2, -0.15) is 13.2 Å². The molecule has 0 aromatic carbocycles. The summed E-state index contributed by atoms with van der Waals surface area (Å²) in [7, 11) is 0. The minimum absolute atomic E-state index is 0.169. The maximum absolute atomic E-state index is 12.0. The van der Waals surface area contributed by atoms with E-state index in [1.807, 2.05) is 0 Å². The first-order valence-electron chi connectivity index (χ1n) is 3.00. The van der Waals surface area contributed by atoms with Gasteiger partial charge in [0.05, 0.1) is 0 Å². The van der Waals surface area contributed by atoms with Crippen molar-refractivity contribution in [1.82, 2.24) is 9.97 Å². The molecule has 3 nitrogen and oxygen atoms in total. The zero-order valence-electron chi connectivity index (χ0n) is 5.97. The highest BCUT2D eigenvalue weighted by Crippen LogP contribution is 2.28. The fourth-order valence-corrected chi connectivity index (χ4v) is 0.830. The third kappa shape index (κ3) is 2.38. The lowest BCUT2D eigenvalue weighted by Crippen LogP contribution is -2.09. The zero-order valence-corrected chi connectivity index (χ0v) is 6.73. The Hall–Kier alpha value is -1.17. The van der Waals surface area contributed by atoms with Crippen molar-refractivity contribution in [3.63, 3.8) is 0 Å². The van der Waals surface area contributed by atoms with E-state index in [2.05, 4.69) is 9.97 Å². The van der Waals surface area contributed by atoms with E-state index in [1.54, 1.807) is 0 Å². The Morgan fingerprint density at radius 2 is 2.00 bits per heavy atom. The Bertz CT molecular complexity index is 339. The third-order valence-corrected chi connectivity index (χ3v) is 1.30. The third-order valence-electron chi connectivity index (χ3n) is 1.13. The zero-order chi connectivity index (χ0) is 10.1. The second kappa shape index (κ2) is 3.29. The van der Waals surface area contributed by atoms with Crippen molar-refractivity contribution in [1.29, 1.82) is 0 Å². The molecule has 1 rings (SSSR count). The quantitative estimate of drug-likeness (QED) is 0.526. The van der Waals surface area contributed by atoms with Gasteiger partial charge in [-0.1, -0.05) is 0 Å². The smallest absolute Gasteiger partial charge is 0.296 e. The molecule has 1 heterocycles. The predicted octanol–water partition coefficient (Wildman–Crippen LogP) is 1.96. The summed E-state index contributed by atoms with van der Waals surface area (Å²) in [6, 6.07) is 0.527. The van der Waals surface area contributed by atoms with E-state index < -0.39 is 22.8 Å². The molecule has 0 spiro atoms. The number of carbonyl (C=O) groups excluding carboxylic acids is 1. The maximum Gasteiger partial charge on any atom is 0.433 e. The number of aromatic nitrogens is 2. The molecule has 0 bridgehead atoms. The summed E-state index contributed by atoms with van der Waals surface area (Å²) in [5.74, 6) is 0. The van der Waals surface area contributed by atoms with Gasteiger partial charge in [-0.3, -0.25) is 4.79 Å². The standard InChI is InChI=1S/C6H2ClF3N2O/c7-5-11-3(2-13)1-4(12-5)6(8,9)10/h1-2H. The molecule has 0 atom stereocenters. The Morgan fingerprint density at radius 3 is 2.46 bits per heavy atom. The van der Waals surface area contributed by atoms with Crippen LogP contribution in [-0.4, -0.2) is 16.3 Å². The van der Waals surface area contributed by atoms with Gasteiger partial charge in [-0.05, 0) is 17.7 Å². The normalized spacial score (nSPS) is 11.4. The SMILES string of the molecule is O=Cc1cc(C(F)(F)F)nc(Cl)n1. The number of nitrogens with zero attached hydrogens (tertiary/aromatic N) is 2. The van der Waals surface area contributed by atoms with Gasteiger partial charge < -0.3 is 0 Å². The first-order valence-corrected chi connectivity index (χ1v) is 3.38. The van der Waals surface area contributed by atoms with Gasteiger partial charge in [0.2, 0.25) is 5.28 Å². The molecule has 0 radical (unpaired) electrons. The lowest BCUT2D eigenvalue weighted by atomic mass is 10.3. The van der Waals surface area contributed by atoms with E-state index in [9.17, 15) is 18.0 Å². The van der Waals surface area contributed by atoms with Crippen molar-refractivity contribution < 1.29 is 18.0 Å². The molecule has 1 aromatic rings. The van der Waals surface area contributed by atoms with Crippen LogP contribution in [0.15, 0.2) is 6.07 Å². The number of aldehydes is 1. The van der Waals surface area contributed by atoms with Gasteiger partial charge in [-0.25, -0.2) is 9.97 Å². The monoisotopic (exact) mass is 210 g/mol. The largest absolute Gasteiger partial charge is 0.433 e. The summed E-state index contributed by atoms with van der Waals surface area (Å²) in [5, 5.41) is -0.600. The summed E-state index contributed by atoms with van der Waals surface area (Å²) in [6.45, 7) is 0. The van der Waals surface area contributed by atoms with E-state index in [4.69, 9.17) is 11.6 Å². The Labute approximate surface area is 75.6 Å². The average molecular weight is 211 g/mol. The molecule has 1 aromatic heterocycles. The second-order valence-electron chi connectivity index (χ2n) is 2.06. The van der Waals surface area contributed by atoms with E-state index in [0.29, 0.717) is 6.07 Å². The van der Waals surface area contributed by atoms with Crippen LogP contribution in [0.25, 0.3) is 0 Å². The second-order valence-corrected chi connectivity index (χ2v) is 2.40. The molecule has 13 heavy (non-hydrogen) atoms. The van der Waals surface area contributed by atoms with Gasteiger partial charge in [0.15, 0.2) is 6.29 Å². The van der Waals surface area contributed by atoms with Gasteiger partial charge in [0.25, 0.3) is 0 Å². The fourth-order valence-electron chi connectivity index (χ4n) is 0.641. The van der Waals surface area contributed by atoms with Gasteiger partial charge in [-0.15, -0.1) is 0 Å². The topological polar surface area (TPSA) is 42.9 Å². The molecule has 7 heteroatoms. The number of rotatable bonds is 1. The highest BCUT2D eigenvalue weighted by Gasteiger charge is 2.33. The summed E-state index contributed by atoms with van der Waals surface area (Å²) >= 11 is 5.15. The van der Waals surface area contributed by atoms with Crippen LogP contribution in [0.5, 0.6) is 0 Å². The minimum Gasteiger partial charge on any atom is -0.296 e. The van der Waals surface area contributed by atoms with Crippen molar-refractivity contribution >= 4 is 17.9 Å². The number of carbonyl (C=O) groups is 1. The molecule has 0 aliphatic heterocycles. The molecule has 0 amide bonds. The highest BCUT2D eigenvalue weighted by atomic mass is 35.5. The lowest BCUT2D eigenvalue weighted by Gasteiger charge is -2.05. The first kappa shape index (κ1) is 9.91. The van der Waals surface area contributed by atoms with Crippen LogP contribution < -0.4 is 0 Å². The highest BCUT2D eigenvalue weighted by molar-refractivity contribution is 6.28. The molecular formula is C6H2ClF3N2O. The van der Waals surface area contributed by atoms with Crippen molar-refractivity contribution in [3.05, 3.63) is 22.7 Å². The van der Waals surface area contributed by atoms with E-state index >= 15 is 0 Å². The number of hydrogen-bond acceptors (Lipinski definition) is 3. The van der Waals surface area contributed by atoms with E-state index in [-0.39, 0.29) is 6.29 Å². The average Bonchev–Trinajstić information content (AvgIpc) is 2.01. The lowest BCUT2D eigenvalue weighted by molar-refractivity contribution is -0.141. The van der Waals surface area contributed by atoms with Crippen molar-refractivity contribution in [2.45, 2.75) is 6.18 Å². The van der Waals surface area contributed by atoms with Gasteiger partial charge >= 0.3 is 6.18 Å². The van der Waals surface area contributed by atoms with Crippen LogP contribution >= 0.6 is 11.6 Å². The Morgan fingerprint density at radius 1 is 1.38 bits per heavy atom. The van der Waals surface area contributed by atoms with E-state index in [0.717, 1.165) is 0 Å². The van der Waals surface area contributed by atoms with Gasteiger partial charge in [0, 0.05) is 0 Å². The Kier molecular flexibility index (Phi) is 2.51. The summed E-state index contributed by atoms with van der Waals surface area (Å²) in [6.07, 6.45) is -4.45. The van der Waals surface area contributed by atoms with Crippen LogP contribution in [0, 0.1) is 0 Å². The number of alkyl halides is 3. The maximum atomic E-state index is 12.0. The van der Waals surface area contributed by atoms with Crippen LogP contribution in [0.2, 0.25) is 5.28 Å². The van der Waals surface area contributed by atoms with Crippen molar-refractivity contribution in [2.24, 2.45) is 0 Å².